The van der Waals surface area contributed by atoms with Crippen LogP contribution in [0.1, 0.15) is 16.8 Å². The number of ether oxygens (including phenoxy) is 3. The van der Waals surface area contributed by atoms with Crippen molar-refractivity contribution in [1.82, 2.24) is 9.47 Å². The van der Waals surface area contributed by atoms with Crippen LogP contribution in [0.4, 0.5) is 0 Å². The molecule has 0 bridgehead atoms. The van der Waals surface area contributed by atoms with Crippen molar-refractivity contribution in [2.24, 2.45) is 7.05 Å². The summed E-state index contributed by atoms with van der Waals surface area (Å²) in [6.45, 7) is 1.71. The van der Waals surface area contributed by atoms with E-state index in [9.17, 15) is 9.90 Å². The molecule has 2 atom stereocenters. The zero-order valence-electron chi connectivity index (χ0n) is 16.8. The second-order valence-electron chi connectivity index (χ2n) is 7.71. The predicted molar refractivity (Wildman–Crippen MR) is 111 cm³/mol. The van der Waals surface area contributed by atoms with Crippen LogP contribution in [0.3, 0.4) is 0 Å². The Kier molecular flexibility index (Phi) is 4.75. The normalized spacial score (nSPS) is 20.9. The molecule has 7 heteroatoms. The van der Waals surface area contributed by atoms with Crippen LogP contribution in [-0.2, 0) is 7.05 Å². The maximum atomic E-state index is 13.2. The van der Waals surface area contributed by atoms with Gasteiger partial charge in [0.2, 0.25) is 5.75 Å². The Hall–Kier alpha value is -3.19. The molecule has 156 valence electrons. The molecule has 1 saturated heterocycles. The molecule has 0 saturated carbocycles. The molecule has 30 heavy (non-hydrogen) atoms. The quantitative estimate of drug-likeness (QED) is 0.721. The highest BCUT2D eigenvalue weighted by molar-refractivity contribution is 6.07. The van der Waals surface area contributed by atoms with Crippen LogP contribution in [0.2, 0.25) is 0 Å². The third kappa shape index (κ3) is 3.25. The second kappa shape index (κ2) is 7.57. The van der Waals surface area contributed by atoms with Crippen LogP contribution < -0.4 is 14.2 Å². The van der Waals surface area contributed by atoms with Gasteiger partial charge in [-0.15, -0.1) is 0 Å². The first kappa shape index (κ1) is 18.8. The summed E-state index contributed by atoms with van der Waals surface area (Å²) in [7, 11) is 1.93. The van der Waals surface area contributed by atoms with E-state index < -0.39 is 12.2 Å². The Bertz CT molecular complexity index is 1090. The molecular weight excluding hydrogens is 384 g/mol. The summed E-state index contributed by atoms with van der Waals surface area (Å²) in [4.78, 5) is 14.9. The number of rotatable bonds is 3. The van der Waals surface area contributed by atoms with Gasteiger partial charge in [0, 0.05) is 37.1 Å². The van der Waals surface area contributed by atoms with Crippen molar-refractivity contribution in [3.8, 4) is 17.2 Å². The monoisotopic (exact) mass is 408 g/mol. The van der Waals surface area contributed by atoms with Gasteiger partial charge in [0.05, 0.1) is 12.1 Å². The highest BCUT2D eigenvalue weighted by Crippen LogP contribution is 2.40. The van der Waals surface area contributed by atoms with Crippen molar-refractivity contribution in [2.75, 3.05) is 26.3 Å². The molecule has 0 spiro atoms. The lowest BCUT2D eigenvalue weighted by Crippen LogP contribution is -2.51. The summed E-state index contributed by atoms with van der Waals surface area (Å²) in [6.07, 6.45) is 1.18. The van der Waals surface area contributed by atoms with E-state index in [0.29, 0.717) is 49.0 Å². The highest BCUT2D eigenvalue weighted by atomic mass is 16.6. The van der Waals surface area contributed by atoms with Crippen LogP contribution in [-0.4, -0.2) is 59.0 Å². The van der Waals surface area contributed by atoms with Crippen molar-refractivity contribution in [3.05, 3.63) is 54.2 Å². The molecule has 1 amide bonds. The molecule has 1 aromatic heterocycles. The number of aromatic nitrogens is 1. The molecule has 1 fully saturated rings. The fourth-order valence-corrected chi connectivity index (χ4v) is 4.22. The van der Waals surface area contributed by atoms with Crippen LogP contribution >= 0.6 is 0 Å². The zero-order valence-corrected chi connectivity index (χ0v) is 16.8. The number of hydrogen-bond acceptors (Lipinski definition) is 5. The van der Waals surface area contributed by atoms with Crippen LogP contribution in [0, 0.1) is 0 Å². The van der Waals surface area contributed by atoms with E-state index in [4.69, 9.17) is 14.2 Å². The van der Waals surface area contributed by atoms with E-state index in [1.165, 1.54) is 0 Å². The smallest absolute Gasteiger partial charge is 0.256 e. The maximum Gasteiger partial charge on any atom is 0.256 e. The van der Waals surface area contributed by atoms with Crippen molar-refractivity contribution >= 4 is 16.8 Å². The van der Waals surface area contributed by atoms with Gasteiger partial charge in [-0.25, -0.2) is 0 Å². The van der Waals surface area contributed by atoms with E-state index in [1.807, 2.05) is 60.3 Å². The minimum absolute atomic E-state index is 0.0712. The minimum Gasteiger partial charge on any atom is -0.486 e. The van der Waals surface area contributed by atoms with Crippen LogP contribution in [0.25, 0.3) is 10.9 Å². The molecule has 7 nitrogen and oxygen atoms in total. The average Bonchev–Trinajstić information content (AvgIpc) is 3.11. The molecule has 2 aliphatic heterocycles. The second-order valence-corrected chi connectivity index (χ2v) is 7.71. The molecule has 1 N–H and O–H groups in total. The van der Waals surface area contributed by atoms with Crippen molar-refractivity contribution in [2.45, 2.75) is 18.6 Å². The van der Waals surface area contributed by atoms with E-state index in [0.717, 1.165) is 10.9 Å². The summed E-state index contributed by atoms with van der Waals surface area (Å²) in [6, 6.07) is 13.3. The number of benzene rings is 2. The number of aliphatic hydroxyl groups is 1. The van der Waals surface area contributed by atoms with Gasteiger partial charge < -0.3 is 28.8 Å². The van der Waals surface area contributed by atoms with Gasteiger partial charge in [0.25, 0.3) is 5.91 Å². The predicted octanol–water partition coefficient (Wildman–Crippen LogP) is 2.60. The number of piperidine rings is 1. The summed E-state index contributed by atoms with van der Waals surface area (Å²) >= 11 is 0. The van der Waals surface area contributed by atoms with Crippen molar-refractivity contribution in [3.63, 3.8) is 0 Å². The van der Waals surface area contributed by atoms with Gasteiger partial charge in [-0.3, -0.25) is 4.79 Å². The number of β-amino-alcohol motifs (C(OH)–C–C–N with tert-alkyl or cyclic N) is 1. The summed E-state index contributed by atoms with van der Waals surface area (Å²) in [5.41, 5.74) is 1.66. The Morgan fingerprint density at radius 2 is 1.97 bits per heavy atom. The standard InChI is InChI=1S/C23H24N2O5/c1-24-13-16(15-5-2-3-6-17(15)24)23(27)25-10-9-19(18(26)14-25)30-21-8-4-7-20-22(21)29-12-11-28-20/h2-8,13,18-19,26H,9-12,14H2,1H3/t18-,19-/m1/s1. The molecule has 3 heterocycles. The van der Waals surface area contributed by atoms with Gasteiger partial charge in [-0.1, -0.05) is 24.3 Å². The van der Waals surface area contributed by atoms with Crippen molar-refractivity contribution < 1.29 is 24.1 Å². The van der Waals surface area contributed by atoms with Gasteiger partial charge in [0.1, 0.15) is 25.4 Å². The Morgan fingerprint density at radius 3 is 2.83 bits per heavy atom. The number of nitrogens with zero attached hydrogens (tertiary/aromatic N) is 2. The number of hydrogen-bond donors (Lipinski definition) is 1. The number of carbonyl (C=O) groups is 1. The topological polar surface area (TPSA) is 73.2 Å². The van der Waals surface area contributed by atoms with E-state index in [-0.39, 0.29) is 12.5 Å². The molecular formula is C23H24N2O5. The summed E-state index contributed by atoms with van der Waals surface area (Å²) in [5.74, 6) is 1.71. The largest absolute Gasteiger partial charge is 0.486 e. The Morgan fingerprint density at radius 1 is 1.13 bits per heavy atom. The lowest BCUT2D eigenvalue weighted by Gasteiger charge is -2.36. The van der Waals surface area contributed by atoms with Crippen LogP contribution in [0.5, 0.6) is 17.2 Å². The first-order valence-electron chi connectivity index (χ1n) is 10.2. The molecule has 0 aliphatic carbocycles. The molecule has 5 rings (SSSR count). The summed E-state index contributed by atoms with van der Waals surface area (Å²) < 4.78 is 19.3. The van der Waals surface area contributed by atoms with Crippen LogP contribution in [0.15, 0.2) is 48.7 Å². The van der Waals surface area contributed by atoms with E-state index >= 15 is 0 Å². The molecule has 2 aromatic carbocycles. The minimum atomic E-state index is -0.793. The molecule has 3 aromatic rings. The Balaban J connectivity index is 1.31. The number of para-hydroxylation sites is 2. The number of amides is 1. The third-order valence-corrected chi connectivity index (χ3v) is 5.74. The number of likely N-dealkylation sites (tertiary alicyclic amines) is 1. The molecule has 2 aliphatic rings. The van der Waals surface area contributed by atoms with Gasteiger partial charge in [-0.2, -0.15) is 0 Å². The highest BCUT2D eigenvalue weighted by Gasteiger charge is 2.34. The van der Waals surface area contributed by atoms with Crippen molar-refractivity contribution in [1.29, 1.82) is 0 Å². The molecule has 0 radical (unpaired) electrons. The number of fused-ring (bicyclic) bond motifs is 2. The lowest BCUT2D eigenvalue weighted by atomic mass is 10.0. The number of carbonyl (C=O) groups excluding carboxylic acids is 1. The first-order chi connectivity index (χ1) is 14.6. The zero-order chi connectivity index (χ0) is 20.7. The maximum absolute atomic E-state index is 13.2. The van der Waals surface area contributed by atoms with E-state index in [1.54, 1.807) is 4.90 Å². The first-order valence-corrected chi connectivity index (χ1v) is 10.2. The lowest BCUT2D eigenvalue weighted by molar-refractivity contribution is -0.0214. The third-order valence-electron chi connectivity index (χ3n) is 5.74. The SMILES string of the molecule is Cn1cc(C(=O)N2CC[C@@H](Oc3cccc4c3OCCO4)[C@H](O)C2)c2ccccc21. The molecule has 0 unspecified atom stereocenters. The Labute approximate surface area is 174 Å². The fourth-order valence-electron chi connectivity index (χ4n) is 4.22. The fraction of sp³-hybridized carbons (Fsp3) is 0.348. The van der Waals surface area contributed by atoms with E-state index in [2.05, 4.69) is 0 Å². The average molecular weight is 408 g/mol. The summed E-state index contributed by atoms with van der Waals surface area (Å²) in [5, 5.41) is 11.6. The van der Waals surface area contributed by atoms with Gasteiger partial charge in [-0.05, 0) is 18.2 Å². The van der Waals surface area contributed by atoms with Gasteiger partial charge in [0.15, 0.2) is 11.5 Å². The van der Waals surface area contributed by atoms with Gasteiger partial charge >= 0.3 is 0 Å². The number of aryl methyl sites for hydroxylation is 1. The number of aliphatic hydroxyl groups excluding tert-OH is 1.